The lowest BCUT2D eigenvalue weighted by molar-refractivity contribution is 0.0929. The summed E-state index contributed by atoms with van der Waals surface area (Å²) in [7, 11) is 0. The summed E-state index contributed by atoms with van der Waals surface area (Å²) in [5.74, 6) is 0.895. The van der Waals surface area contributed by atoms with Crippen molar-refractivity contribution in [1.82, 2.24) is 15.5 Å². The number of halogens is 2. The van der Waals surface area contributed by atoms with Gasteiger partial charge in [-0.25, -0.2) is 0 Å². The molecule has 1 aliphatic carbocycles. The van der Waals surface area contributed by atoms with Crippen LogP contribution in [0.5, 0.6) is 0 Å². The predicted molar refractivity (Wildman–Crippen MR) is 115 cm³/mol. The van der Waals surface area contributed by atoms with E-state index in [-0.39, 0.29) is 24.4 Å². The fourth-order valence-corrected chi connectivity index (χ4v) is 3.89. The number of rotatable bonds is 5. The smallest absolute Gasteiger partial charge is 0.259 e. The summed E-state index contributed by atoms with van der Waals surface area (Å²) in [4.78, 5) is 17.4. The van der Waals surface area contributed by atoms with Crippen LogP contribution in [0.2, 0.25) is 5.02 Å². The number of carbonyl (C=O) groups is 1. The third kappa shape index (κ3) is 4.61. The fraction of sp³-hybridized carbons (Fsp3) is 0.286. The zero-order valence-corrected chi connectivity index (χ0v) is 17.2. The maximum absolute atomic E-state index is 12.9. The molecule has 3 N–H and O–H groups in total. The van der Waals surface area contributed by atoms with Crippen LogP contribution in [-0.2, 0) is 0 Å². The first-order chi connectivity index (χ1) is 13.7. The van der Waals surface area contributed by atoms with Gasteiger partial charge < -0.3 is 15.6 Å². The zero-order chi connectivity index (χ0) is 19.5. The van der Waals surface area contributed by atoms with E-state index in [0.29, 0.717) is 40.3 Å². The summed E-state index contributed by atoms with van der Waals surface area (Å²) >= 11 is 6.04. The summed E-state index contributed by atoms with van der Waals surface area (Å²) in [5, 5.41) is 7.76. The number of aromatic nitrogens is 2. The Labute approximate surface area is 180 Å². The Morgan fingerprint density at radius 2 is 2.03 bits per heavy atom. The summed E-state index contributed by atoms with van der Waals surface area (Å²) in [6.07, 6.45) is 3.09. The van der Waals surface area contributed by atoms with E-state index in [0.717, 1.165) is 24.8 Å². The second-order valence-corrected chi connectivity index (χ2v) is 7.42. The van der Waals surface area contributed by atoms with E-state index in [9.17, 15) is 4.79 Å². The van der Waals surface area contributed by atoms with Gasteiger partial charge in [0.15, 0.2) is 0 Å². The molecule has 1 fully saturated rings. The van der Waals surface area contributed by atoms with Gasteiger partial charge in [0.05, 0.1) is 11.1 Å². The third-order valence-corrected chi connectivity index (χ3v) is 5.42. The van der Waals surface area contributed by atoms with Gasteiger partial charge in [-0.05, 0) is 49.6 Å². The highest BCUT2D eigenvalue weighted by Gasteiger charge is 2.28. The van der Waals surface area contributed by atoms with Crippen LogP contribution in [0.1, 0.15) is 29.6 Å². The van der Waals surface area contributed by atoms with E-state index in [1.807, 2.05) is 24.3 Å². The number of carbonyl (C=O) groups excluding carboxylic acids is 1. The van der Waals surface area contributed by atoms with E-state index in [1.54, 1.807) is 24.3 Å². The highest BCUT2D eigenvalue weighted by atomic mass is 35.5. The Kier molecular flexibility index (Phi) is 6.90. The minimum Gasteiger partial charge on any atom is -0.349 e. The van der Waals surface area contributed by atoms with E-state index >= 15 is 0 Å². The Bertz CT molecular complexity index is 992. The molecule has 0 radical (unpaired) electrons. The van der Waals surface area contributed by atoms with E-state index in [4.69, 9.17) is 21.9 Å². The molecule has 29 heavy (non-hydrogen) atoms. The quantitative estimate of drug-likeness (QED) is 0.625. The average molecular weight is 433 g/mol. The van der Waals surface area contributed by atoms with Crippen molar-refractivity contribution in [2.75, 3.05) is 6.54 Å². The molecule has 3 aromatic rings. The molecule has 0 bridgehead atoms. The van der Waals surface area contributed by atoms with Gasteiger partial charge in [-0.15, -0.1) is 12.4 Å². The Hall–Kier alpha value is -2.41. The van der Waals surface area contributed by atoms with Crippen LogP contribution < -0.4 is 11.1 Å². The molecule has 1 aromatic heterocycles. The number of nitrogens with one attached hydrogen (secondary N) is 1. The number of amides is 1. The molecule has 1 saturated carbocycles. The van der Waals surface area contributed by atoms with Crippen molar-refractivity contribution in [3.63, 3.8) is 0 Å². The molecule has 4 rings (SSSR count). The normalized spacial score (nSPS) is 18.3. The van der Waals surface area contributed by atoms with Gasteiger partial charge in [0.25, 0.3) is 11.8 Å². The predicted octanol–water partition coefficient (Wildman–Crippen LogP) is 4.34. The molecule has 6 nitrogen and oxygen atoms in total. The lowest BCUT2D eigenvalue weighted by Crippen LogP contribution is -2.40. The van der Waals surface area contributed by atoms with Gasteiger partial charge in [-0.3, -0.25) is 4.79 Å². The second-order valence-electron chi connectivity index (χ2n) is 6.99. The molecule has 2 unspecified atom stereocenters. The molecule has 2 aromatic carbocycles. The number of hydrogen-bond acceptors (Lipinski definition) is 5. The van der Waals surface area contributed by atoms with Crippen LogP contribution in [0.25, 0.3) is 22.8 Å². The minimum absolute atomic E-state index is 0. The highest BCUT2D eigenvalue weighted by Crippen LogP contribution is 2.28. The first-order valence-electron chi connectivity index (χ1n) is 9.35. The van der Waals surface area contributed by atoms with Crippen LogP contribution in [0.3, 0.4) is 0 Å². The van der Waals surface area contributed by atoms with Crippen LogP contribution in [0, 0.1) is 5.92 Å². The summed E-state index contributed by atoms with van der Waals surface area (Å²) in [6, 6.07) is 14.6. The lowest BCUT2D eigenvalue weighted by Gasteiger charge is -2.20. The fourth-order valence-electron chi connectivity index (χ4n) is 3.70. The number of hydrogen-bond donors (Lipinski definition) is 2. The van der Waals surface area contributed by atoms with Crippen molar-refractivity contribution in [2.45, 2.75) is 25.3 Å². The van der Waals surface area contributed by atoms with Crippen molar-refractivity contribution >= 4 is 29.9 Å². The molecule has 0 spiro atoms. The second kappa shape index (κ2) is 9.39. The molecule has 0 saturated heterocycles. The Balaban J connectivity index is 0.00000240. The van der Waals surface area contributed by atoms with Crippen molar-refractivity contribution in [1.29, 1.82) is 0 Å². The molecule has 0 aliphatic heterocycles. The van der Waals surface area contributed by atoms with Crippen LogP contribution in [-0.4, -0.2) is 28.6 Å². The largest absolute Gasteiger partial charge is 0.349 e. The standard InChI is InChI=1S/C21H21ClN4O2.ClH/c22-15-7-3-5-13(11-15)19-25-21(28-26-19)17-9-2-1-8-16(17)20(27)24-18-10-4-6-14(18)12-23;/h1-3,5,7-9,11,14,18H,4,6,10,12,23H2,(H,24,27);1H. The number of benzene rings is 2. The molecule has 2 atom stereocenters. The van der Waals surface area contributed by atoms with Crippen LogP contribution in [0.15, 0.2) is 53.1 Å². The van der Waals surface area contributed by atoms with Gasteiger partial charge in [0, 0.05) is 16.6 Å². The van der Waals surface area contributed by atoms with Crippen LogP contribution >= 0.6 is 24.0 Å². The Morgan fingerprint density at radius 3 is 2.83 bits per heavy atom. The SMILES string of the molecule is Cl.NCC1CCCC1NC(=O)c1ccccc1-c1nc(-c2cccc(Cl)c2)no1. The van der Waals surface area contributed by atoms with Gasteiger partial charge in [0.2, 0.25) is 5.82 Å². The van der Waals surface area contributed by atoms with Gasteiger partial charge in [-0.2, -0.15) is 4.98 Å². The third-order valence-electron chi connectivity index (χ3n) is 5.19. The Morgan fingerprint density at radius 1 is 1.21 bits per heavy atom. The first-order valence-corrected chi connectivity index (χ1v) is 9.73. The van der Waals surface area contributed by atoms with Gasteiger partial charge >= 0.3 is 0 Å². The van der Waals surface area contributed by atoms with Crippen LogP contribution in [0.4, 0.5) is 0 Å². The van der Waals surface area contributed by atoms with Gasteiger partial charge in [0.1, 0.15) is 0 Å². The maximum atomic E-state index is 12.9. The molecule has 152 valence electrons. The monoisotopic (exact) mass is 432 g/mol. The molecule has 1 amide bonds. The van der Waals surface area contributed by atoms with Crippen molar-refractivity contribution in [2.24, 2.45) is 11.7 Å². The number of nitrogens with zero attached hydrogens (tertiary/aromatic N) is 2. The van der Waals surface area contributed by atoms with Crippen molar-refractivity contribution < 1.29 is 9.32 Å². The number of nitrogens with two attached hydrogens (primary N) is 1. The summed E-state index contributed by atoms with van der Waals surface area (Å²) in [5.41, 5.74) is 7.69. The van der Waals surface area contributed by atoms with Gasteiger partial charge in [-0.1, -0.05) is 47.4 Å². The minimum atomic E-state index is -0.150. The molecule has 1 aliphatic rings. The first kappa shape index (κ1) is 21.3. The topological polar surface area (TPSA) is 94.0 Å². The van der Waals surface area contributed by atoms with E-state index < -0.39 is 0 Å². The average Bonchev–Trinajstić information content (AvgIpc) is 3.37. The summed E-state index contributed by atoms with van der Waals surface area (Å²) in [6.45, 7) is 0.583. The summed E-state index contributed by atoms with van der Waals surface area (Å²) < 4.78 is 5.44. The van der Waals surface area contributed by atoms with Crippen molar-refractivity contribution in [3.05, 3.63) is 59.1 Å². The molecule has 8 heteroatoms. The van der Waals surface area contributed by atoms with E-state index in [2.05, 4.69) is 15.5 Å². The highest BCUT2D eigenvalue weighted by molar-refractivity contribution is 6.30. The molecular weight excluding hydrogens is 411 g/mol. The lowest BCUT2D eigenvalue weighted by atomic mass is 10.0. The molecule has 1 heterocycles. The van der Waals surface area contributed by atoms with Crippen molar-refractivity contribution in [3.8, 4) is 22.8 Å². The zero-order valence-electron chi connectivity index (χ0n) is 15.7. The maximum Gasteiger partial charge on any atom is 0.259 e. The van der Waals surface area contributed by atoms with E-state index in [1.165, 1.54) is 0 Å². The molecular formula is C21H22Cl2N4O2.